The highest BCUT2D eigenvalue weighted by Crippen LogP contribution is 2.31. The molecule has 1 aliphatic rings. The molecule has 0 bridgehead atoms. The Labute approximate surface area is 97.5 Å². The first-order chi connectivity index (χ1) is 7.20. The third-order valence-corrected chi connectivity index (χ3v) is 2.70. The number of alkyl halides is 1. The molecule has 3 nitrogen and oxygen atoms in total. The molecule has 0 saturated carbocycles. The number of rotatable bonds is 4. The molecule has 2 rings (SSSR count). The van der Waals surface area contributed by atoms with Gasteiger partial charge in [-0.3, -0.25) is 0 Å². The number of hydrogen-bond acceptors (Lipinski definition) is 3. The second-order valence-corrected chi connectivity index (χ2v) is 4.04. The Kier molecular flexibility index (Phi) is 3.24. The molecule has 0 aromatic heterocycles. The number of halogens is 2. The van der Waals surface area contributed by atoms with Gasteiger partial charge in [0.25, 0.3) is 0 Å². The fraction of sp³-hybridized carbons (Fsp3) is 0.400. The minimum absolute atomic E-state index is 0.0329. The summed E-state index contributed by atoms with van der Waals surface area (Å²) in [5.74, 6) is 0.912. The topological polar surface area (TPSA) is 42.0 Å². The van der Waals surface area contributed by atoms with Crippen molar-refractivity contribution in [1.29, 1.82) is 0 Å². The van der Waals surface area contributed by atoms with Crippen molar-refractivity contribution in [3.05, 3.63) is 23.2 Å². The molecule has 0 aliphatic carbocycles. The van der Waals surface area contributed by atoms with Crippen LogP contribution in [0.15, 0.2) is 18.2 Å². The number of epoxide rings is 1. The highest BCUT2D eigenvalue weighted by Gasteiger charge is 2.38. The van der Waals surface area contributed by atoms with Crippen molar-refractivity contribution in [2.24, 2.45) is 0 Å². The molecule has 15 heavy (non-hydrogen) atoms. The van der Waals surface area contributed by atoms with Crippen molar-refractivity contribution in [2.75, 3.05) is 12.5 Å². The summed E-state index contributed by atoms with van der Waals surface area (Å²) in [6.45, 7) is 0.395. The zero-order chi connectivity index (χ0) is 10.8. The van der Waals surface area contributed by atoms with Crippen molar-refractivity contribution in [1.82, 2.24) is 0 Å². The smallest absolute Gasteiger partial charge is 0.161 e. The summed E-state index contributed by atoms with van der Waals surface area (Å²) < 4.78 is 10.5. The molecule has 2 unspecified atom stereocenters. The number of hydrogen-bond donors (Lipinski definition) is 1. The minimum Gasteiger partial charge on any atom is -0.504 e. The molecular formula is C10H10Cl2O3. The van der Waals surface area contributed by atoms with Gasteiger partial charge in [0, 0.05) is 11.1 Å². The van der Waals surface area contributed by atoms with Gasteiger partial charge in [-0.2, -0.15) is 0 Å². The standard InChI is InChI=1S/C10H10Cl2O3/c11-4-9-10(15-9)5-14-8-2-1-6(12)3-7(8)13/h1-3,9-10,13H,4-5H2. The molecule has 1 aromatic carbocycles. The van der Waals surface area contributed by atoms with Crippen LogP contribution in [0.25, 0.3) is 0 Å². The molecule has 1 saturated heterocycles. The van der Waals surface area contributed by atoms with Crippen LogP contribution in [-0.2, 0) is 4.74 Å². The van der Waals surface area contributed by atoms with Gasteiger partial charge in [-0.1, -0.05) is 11.6 Å². The summed E-state index contributed by atoms with van der Waals surface area (Å²) in [5, 5.41) is 9.94. The summed E-state index contributed by atoms with van der Waals surface area (Å²) in [5.41, 5.74) is 0. The Balaban J connectivity index is 1.88. The highest BCUT2D eigenvalue weighted by molar-refractivity contribution is 6.30. The quantitative estimate of drug-likeness (QED) is 0.658. The second kappa shape index (κ2) is 4.47. The van der Waals surface area contributed by atoms with E-state index >= 15 is 0 Å². The van der Waals surface area contributed by atoms with Crippen molar-refractivity contribution < 1.29 is 14.6 Å². The van der Waals surface area contributed by atoms with Crippen LogP contribution in [-0.4, -0.2) is 29.8 Å². The zero-order valence-corrected chi connectivity index (χ0v) is 9.33. The molecule has 1 aliphatic heterocycles. The van der Waals surface area contributed by atoms with Gasteiger partial charge in [-0.05, 0) is 12.1 Å². The maximum Gasteiger partial charge on any atom is 0.161 e. The van der Waals surface area contributed by atoms with Gasteiger partial charge in [-0.15, -0.1) is 11.6 Å². The second-order valence-electron chi connectivity index (χ2n) is 3.29. The maximum absolute atomic E-state index is 9.47. The van der Waals surface area contributed by atoms with E-state index in [1.807, 2.05) is 0 Å². The minimum atomic E-state index is 0.0329. The van der Waals surface area contributed by atoms with Gasteiger partial charge >= 0.3 is 0 Å². The van der Waals surface area contributed by atoms with Crippen LogP contribution in [0.5, 0.6) is 11.5 Å². The molecule has 0 spiro atoms. The first kappa shape index (κ1) is 10.9. The van der Waals surface area contributed by atoms with E-state index in [9.17, 15) is 5.11 Å². The monoisotopic (exact) mass is 248 g/mol. The summed E-state index contributed by atoms with van der Waals surface area (Å²) in [4.78, 5) is 0. The van der Waals surface area contributed by atoms with Crippen LogP contribution in [0.2, 0.25) is 5.02 Å². The Morgan fingerprint density at radius 2 is 2.20 bits per heavy atom. The highest BCUT2D eigenvalue weighted by atomic mass is 35.5. The van der Waals surface area contributed by atoms with E-state index in [0.29, 0.717) is 23.3 Å². The van der Waals surface area contributed by atoms with Gasteiger partial charge < -0.3 is 14.6 Å². The van der Waals surface area contributed by atoms with Crippen LogP contribution >= 0.6 is 23.2 Å². The Morgan fingerprint density at radius 3 is 2.80 bits per heavy atom. The molecule has 0 amide bonds. The molecule has 1 heterocycles. The Hall–Kier alpha value is -0.640. The average molecular weight is 249 g/mol. The van der Waals surface area contributed by atoms with E-state index in [4.69, 9.17) is 32.7 Å². The lowest BCUT2D eigenvalue weighted by molar-refractivity contribution is 0.252. The lowest BCUT2D eigenvalue weighted by atomic mass is 10.3. The molecule has 2 atom stereocenters. The summed E-state index contributed by atoms with van der Waals surface area (Å²) in [6, 6.07) is 4.71. The average Bonchev–Trinajstić information content (AvgIpc) is 2.95. The lowest BCUT2D eigenvalue weighted by Gasteiger charge is -2.06. The van der Waals surface area contributed by atoms with Crippen molar-refractivity contribution in [3.8, 4) is 11.5 Å². The first-order valence-electron chi connectivity index (χ1n) is 4.53. The molecule has 82 valence electrons. The number of benzene rings is 1. The number of aromatic hydroxyl groups is 1. The first-order valence-corrected chi connectivity index (χ1v) is 5.44. The summed E-state index contributed by atoms with van der Waals surface area (Å²) in [7, 11) is 0. The van der Waals surface area contributed by atoms with E-state index in [1.54, 1.807) is 12.1 Å². The van der Waals surface area contributed by atoms with Crippen LogP contribution in [0.3, 0.4) is 0 Å². The molecule has 1 fully saturated rings. The molecular weight excluding hydrogens is 239 g/mol. The molecule has 1 aromatic rings. The largest absolute Gasteiger partial charge is 0.504 e. The number of ether oxygens (including phenoxy) is 2. The number of phenolic OH excluding ortho intramolecular Hbond substituents is 1. The van der Waals surface area contributed by atoms with E-state index in [-0.39, 0.29) is 18.0 Å². The van der Waals surface area contributed by atoms with Gasteiger partial charge in [0.1, 0.15) is 18.8 Å². The van der Waals surface area contributed by atoms with Gasteiger partial charge in [-0.25, -0.2) is 0 Å². The summed E-state index contributed by atoms with van der Waals surface area (Å²) in [6.07, 6.45) is 0.124. The normalized spacial score (nSPS) is 23.9. The third-order valence-electron chi connectivity index (χ3n) is 2.16. The van der Waals surface area contributed by atoms with Crippen LogP contribution in [0.4, 0.5) is 0 Å². The fourth-order valence-electron chi connectivity index (χ4n) is 1.25. The Morgan fingerprint density at radius 1 is 1.40 bits per heavy atom. The SMILES string of the molecule is Oc1cc(Cl)ccc1OCC1OC1CCl. The zero-order valence-electron chi connectivity index (χ0n) is 7.82. The van der Waals surface area contributed by atoms with Gasteiger partial charge in [0.2, 0.25) is 0 Å². The van der Waals surface area contributed by atoms with E-state index in [2.05, 4.69) is 0 Å². The predicted molar refractivity (Wildman–Crippen MR) is 58.0 cm³/mol. The van der Waals surface area contributed by atoms with Crippen molar-refractivity contribution >= 4 is 23.2 Å². The van der Waals surface area contributed by atoms with E-state index < -0.39 is 0 Å². The molecule has 5 heteroatoms. The fourth-order valence-corrected chi connectivity index (χ4v) is 1.68. The maximum atomic E-state index is 9.47. The molecule has 0 radical (unpaired) electrons. The summed E-state index contributed by atoms with van der Waals surface area (Å²) >= 11 is 11.3. The van der Waals surface area contributed by atoms with Crippen LogP contribution in [0, 0.1) is 0 Å². The van der Waals surface area contributed by atoms with Crippen molar-refractivity contribution in [3.63, 3.8) is 0 Å². The van der Waals surface area contributed by atoms with E-state index in [0.717, 1.165) is 0 Å². The predicted octanol–water partition coefficient (Wildman–Crippen LogP) is 2.43. The van der Waals surface area contributed by atoms with Crippen LogP contribution in [0.1, 0.15) is 0 Å². The third kappa shape index (κ3) is 2.68. The van der Waals surface area contributed by atoms with Crippen LogP contribution < -0.4 is 4.74 Å². The number of phenols is 1. The van der Waals surface area contributed by atoms with E-state index in [1.165, 1.54) is 6.07 Å². The molecule has 1 N–H and O–H groups in total. The Bertz CT molecular complexity index is 357. The van der Waals surface area contributed by atoms with Gasteiger partial charge in [0.05, 0.1) is 5.88 Å². The lowest BCUT2D eigenvalue weighted by Crippen LogP contribution is -2.08. The van der Waals surface area contributed by atoms with Gasteiger partial charge in [0.15, 0.2) is 11.5 Å². The van der Waals surface area contributed by atoms with Crippen molar-refractivity contribution in [2.45, 2.75) is 12.2 Å².